The van der Waals surface area contributed by atoms with Crippen LogP contribution in [0.3, 0.4) is 0 Å². The largest absolute Gasteiger partial charge is 0.508 e. The van der Waals surface area contributed by atoms with Crippen LogP contribution in [0.5, 0.6) is 5.75 Å². The van der Waals surface area contributed by atoms with E-state index < -0.39 is 0 Å². The van der Waals surface area contributed by atoms with Gasteiger partial charge in [-0.05, 0) is 23.8 Å². The second-order valence-corrected chi connectivity index (χ2v) is 4.00. The lowest BCUT2D eigenvalue weighted by Crippen LogP contribution is -2.04. The quantitative estimate of drug-likeness (QED) is 0.517. The first-order chi connectivity index (χ1) is 9.20. The molecule has 0 aliphatic carbocycles. The molecule has 1 N–H and O–H groups in total. The van der Waals surface area contributed by atoms with Crippen molar-refractivity contribution in [3.8, 4) is 5.75 Å². The summed E-state index contributed by atoms with van der Waals surface area (Å²) in [4.78, 5) is 12.2. The number of hydrogen-bond donors (Lipinski definition) is 1. The van der Waals surface area contributed by atoms with Gasteiger partial charge in [-0.2, -0.15) is 0 Å². The minimum absolute atomic E-state index is 0.170. The molecule has 0 atom stereocenters. The van der Waals surface area contributed by atoms with E-state index in [0.717, 1.165) is 5.56 Å². The van der Waals surface area contributed by atoms with E-state index in [1.54, 1.807) is 54.6 Å². The van der Waals surface area contributed by atoms with Crippen molar-refractivity contribution >= 4 is 11.9 Å². The fraction of sp³-hybridized carbons (Fsp3) is 0.0625. The van der Waals surface area contributed by atoms with Gasteiger partial charge in [-0.1, -0.05) is 42.5 Å². The molecule has 3 nitrogen and oxygen atoms in total. The van der Waals surface area contributed by atoms with Crippen LogP contribution in [-0.2, 0) is 4.74 Å². The van der Waals surface area contributed by atoms with Gasteiger partial charge < -0.3 is 9.84 Å². The standard InChI is InChI=1S/C16H14O3/c1-19-15(11-12-7-9-14(17)10-8-12)16(18)13-5-3-2-4-6-13/h2-11,17H,1H3. The monoisotopic (exact) mass is 254 g/mol. The lowest BCUT2D eigenvalue weighted by molar-refractivity contribution is 0.0957. The number of methoxy groups -OCH3 is 1. The maximum atomic E-state index is 12.2. The number of benzene rings is 2. The predicted molar refractivity (Wildman–Crippen MR) is 73.9 cm³/mol. The summed E-state index contributed by atoms with van der Waals surface area (Å²) in [6.45, 7) is 0. The number of carbonyl (C=O) groups is 1. The average Bonchev–Trinajstić information content (AvgIpc) is 2.47. The van der Waals surface area contributed by atoms with Crippen LogP contribution in [-0.4, -0.2) is 18.0 Å². The van der Waals surface area contributed by atoms with E-state index in [4.69, 9.17) is 4.74 Å². The third-order valence-corrected chi connectivity index (χ3v) is 2.67. The van der Waals surface area contributed by atoms with Crippen LogP contribution in [0.15, 0.2) is 60.4 Å². The Morgan fingerprint density at radius 3 is 2.26 bits per heavy atom. The van der Waals surface area contributed by atoms with Crippen LogP contribution in [0.4, 0.5) is 0 Å². The van der Waals surface area contributed by atoms with Gasteiger partial charge in [-0.15, -0.1) is 0 Å². The zero-order valence-electron chi connectivity index (χ0n) is 10.5. The maximum Gasteiger partial charge on any atom is 0.227 e. The van der Waals surface area contributed by atoms with E-state index in [1.165, 1.54) is 7.11 Å². The third-order valence-electron chi connectivity index (χ3n) is 2.67. The minimum atomic E-state index is -0.170. The minimum Gasteiger partial charge on any atom is -0.508 e. The molecule has 0 bridgehead atoms. The van der Waals surface area contributed by atoms with Crippen molar-refractivity contribution in [3.63, 3.8) is 0 Å². The second-order valence-electron chi connectivity index (χ2n) is 4.00. The molecule has 0 saturated carbocycles. The molecule has 0 fully saturated rings. The normalized spacial score (nSPS) is 11.1. The fourth-order valence-electron chi connectivity index (χ4n) is 1.67. The first kappa shape index (κ1) is 12.9. The van der Waals surface area contributed by atoms with Crippen LogP contribution in [0.1, 0.15) is 15.9 Å². The molecule has 0 saturated heterocycles. The summed E-state index contributed by atoms with van der Waals surface area (Å²) in [5.74, 6) is 0.276. The molecule has 2 rings (SSSR count). The van der Waals surface area contributed by atoms with Gasteiger partial charge in [0.2, 0.25) is 5.78 Å². The Labute approximate surface area is 111 Å². The molecule has 0 aliphatic heterocycles. The number of Topliss-reactive ketones (excluding diaryl/α,β-unsaturated/α-hetero) is 1. The number of allylic oxidation sites excluding steroid dienone is 1. The Bertz CT molecular complexity index is 583. The van der Waals surface area contributed by atoms with E-state index in [0.29, 0.717) is 5.56 Å². The van der Waals surface area contributed by atoms with Crippen molar-refractivity contribution in [1.29, 1.82) is 0 Å². The number of rotatable bonds is 4. The van der Waals surface area contributed by atoms with Crippen LogP contribution in [0.25, 0.3) is 6.08 Å². The predicted octanol–water partition coefficient (Wildman–Crippen LogP) is 3.26. The Morgan fingerprint density at radius 2 is 1.68 bits per heavy atom. The highest BCUT2D eigenvalue weighted by molar-refractivity contribution is 6.09. The summed E-state index contributed by atoms with van der Waals surface area (Å²) in [7, 11) is 1.47. The molecule has 96 valence electrons. The van der Waals surface area contributed by atoms with Crippen molar-refractivity contribution < 1.29 is 14.6 Å². The fourth-order valence-corrected chi connectivity index (χ4v) is 1.67. The number of ketones is 1. The number of phenols is 1. The number of phenolic OH excluding ortho intramolecular Hbond substituents is 1. The summed E-state index contributed by atoms with van der Waals surface area (Å²) in [5, 5.41) is 9.22. The molecule has 0 aromatic heterocycles. The molecule has 0 amide bonds. The highest BCUT2D eigenvalue weighted by Gasteiger charge is 2.12. The van der Waals surface area contributed by atoms with E-state index in [-0.39, 0.29) is 17.3 Å². The third kappa shape index (κ3) is 3.22. The number of hydrogen-bond acceptors (Lipinski definition) is 3. The summed E-state index contributed by atoms with van der Waals surface area (Å²) in [6.07, 6.45) is 1.65. The second kappa shape index (κ2) is 5.87. The molecule has 0 unspecified atom stereocenters. The Hall–Kier alpha value is -2.55. The number of ether oxygens (including phenoxy) is 1. The van der Waals surface area contributed by atoms with Gasteiger partial charge in [0.15, 0.2) is 5.76 Å². The average molecular weight is 254 g/mol. The van der Waals surface area contributed by atoms with Gasteiger partial charge in [0, 0.05) is 5.56 Å². The van der Waals surface area contributed by atoms with E-state index in [9.17, 15) is 9.90 Å². The molecule has 2 aromatic carbocycles. The molecular formula is C16H14O3. The summed E-state index contributed by atoms with van der Waals surface area (Å²) >= 11 is 0. The first-order valence-corrected chi connectivity index (χ1v) is 5.85. The number of aromatic hydroxyl groups is 1. The lowest BCUT2D eigenvalue weighted by atomic mass is 10.1. The van der Waals surface area contributed by atoms with Gasteiger partial charge in [0.1, 0.15) is 5.75 Å². The molecule has 0 spiro atoms. The molecule has 0 heterocycles. The van der Waals surface area contributed by atoms with Crippen LogP contribution >= 0.6 is 0 Å². The summed E-state index contributed by atoms with van der Waals surface area (Å²) in [5.41, 5.74) is 1.37. The SMILES string of the molecule is COC(=Cc1ccc(O)cc1)C(=O)c1ccccc1. The number of carbonyl (C=O) groups excluding carboxylic acids is 1. The lowest BCUT2D eigenvalue weighted by Gasteiger charge is -2.05. The molecule has 0 aliphatic rings. The van der Waals surface area contributed by atoms with Gasteiger partial charge in [0.05, 0.1) is 7.11 Å². The van der Waals surface area contributed by atoms with Crippen molar-refractivity contribution in [3.05, 3.63) is 71.5 Å². The zero-order valence-corrected chi connectivity index (χ0v) is 10.5. The van der Waals surface area contributed by atoms with Crippen molar-refractivity contribution in [2.75, 3.05) is 7.11 Å². The molecule has 3 heteroatoms. The van der Waals surface area contributed by atoms with E-state index >= 15 is 0 Å². The maximum absolute atomic E-state index is 12.2. The van der Waals surface area contributed by atoms with Gasteiger partial charge in [-0.3, -0.25) is 4.79 Å². The Balaban J connectivity index is 2.29. The Kier molecular flexibility index (Phi) is 3.98. The van der Waals surface area contributed by atoms with Gasteiger partial charge >= 0.3 is 0 Å². The molecule has 0 radical (unpaired) electrons. The summed E-state index contributed by atoms with van der Waals surface area (Å²) < 4.78 is 5.15. The Morgan fingerprint density at radius 1 is 1.05 bits per heavy atom. The van der Waals surface area contributed by atoms with Gasteiger partial charge in [-0.25, -0.2) is 0 Å². The van der Waals surface area contributed by atoms with E-state index in [2.05, 4.69) is 0 Å². The summed E-state index contributed by atoms with van der Waals surface area (Å²) in [6, 6.07) is 15.5. The topological polar surface area (TPSA) is 46.5 Å². The molecule has 2 aromatic rings. The highest BCUT2D eigenvalue weighted by atomic mass is 16.5. The van der Waals surface area contributed by atoms with Crippen LogP contribution in [0, 0.1) is 0 Å². The molecule has 19 heavy (non-hydrogen) atoms. The zero-order chi connectivity index (χ0) is 13.7. The van der Waals surface area contributed by atoms with Gasteiger partial charge in [0.25, 0.3) is 0 Å². The smallest absolute Gasteiger partial charge is 0.227 e. The molecular weight excluding hydrogens is 240 g/mol. The van der Waals surface area contributed by atoms with Crippen molar-refractivity contribution in [2.24, 2.45) is 0 Å². The van der Waals surface area contributed by atoms with Crippen LogP contribution in [0.2, 0.25) is 0 Å². The van der Waals surface area contributed by atoms with Crippen molar-refractivity contribution in [1.82, 2.24) is 0 Å². The van der Waals surface area contributed by atoms with E-state index in [1.807, 2.05) is 6.07 Å². The van der Waals surface area contributed by atoms with Crippen molar-refractivity contribution in [2.45, 2.75) is 0 Å². The highest BCUT2D eigenvalue weighted by Crippen LogP contribution is 2.16. The first-order valence-electron chi connectivity index (χ1n) is 5.85. The van der Waals surface area contributed by atoms with Crippen LogP contribution < -0.4 is 0 Å².